The first kappa shape index (κ1) is 14.9. The summed E-state index contributed by atoms with van der Waals surface area (Å²) in [4.78, 5) is 0. The molecule has 0 radical (unpaired) electrons. The number of hydrogen-bond acceptors (Lipinski definition) is 4. The third-order valence-electron chi connectivity index (χ3n) is 4.35. The lowest BCUT2D eigenvalue weighted by molar-refractivity contribution is 0.110. The van der Waals surface area contributed by atoms with Gasteiger partial charge < -0.3 is 10.4 Å². The molecule has 0 saturated heterocycles. The van der Waals surface area contributed by atoms with Crippen molar-refractivity contribution in [3.63, 3.8) is 0 Å². The Kier molecular flexibility index (Phi) is 4.73. The molecule has 0 aliphatic rings. The lowest BCUT2D eigenvalue weighted by Gasteiger charge is -2.31. The standard InChI is InChI=1S/C15H24N4O/c1-4-15(5-2,11-20)10-16-12(3)14-18-17-13-8-6-7-9-19(13)14/h6-9,12,16,20H,4-5,10-11H2,1-3H3. The van der Waals surface area contributed by atoms with Gasteiger partial charge in [0.25, 0.3) is 0 Å². The molecule has 5 heteroatoms. The zero-order chi connectivity index (χ0) is 14.6. The van der Waals surface area contributed by atoms with Crippen molar-refractivity contribution in [2.75, 3.05) is 13.2 Å². The van der Waals surface area contributed by atoms with Crippen molar-refractivity contribution in [2.45, 2.75) is 39.7 Å². The van der Waals surface area contributed by atoms with Crippen molar-refractivity contribution in [1.82, 2.24) is 19.9 Å². The molecule has 0 spiro atoms. The van der Waals surface area contributed by atoms with Crippen LogP contribution in [0.1, 0.15) is 45.5 Å². The Balaban J connectivity index is 2.10. The monoisotopic (exact) mass is 276 g/mol. The molecule has 110 valence electrons. The number of rotatable bonds is 7. The number of pyridine rings is 1. The van der Waals surface area contributed by atoms with E-state index in [4.69, 9.17) is 0 Å². The Bertz CT molecular complexity index is 539. The van der Waals surface area contributed by atoms with Gasteiger partial charge in [-0.2, -0.15) is 0 Å². The van der Waals surface area contributed by atoms with Gasteiger partial charge in [0.2, 0.25) is 0 Å². The highest BCUT2D eigenvalue weighted by Crippen LogP contribution is 2.25. The Labute approximate surface area is 120 Å². The van der Waals surface area contributed by atoms with E-state index in [1.54, 1.807) is 0 Å². The van der Waals surface area contributed by atoms with Gasteiger partial charge in [0.05, 0.1) is 6.04 Å². The molecule has 2 rings (SSSR count). The average Bonchev–Trinajstić information content (AvgIpc) is 2.93. The van der Waals surface area contributed by atoms with Crippen LogP contribution in [0.25, 0.3) is 5.65 Å². The fourth-order valence-electron chi connectivity index (χ4n) is 2.40. The first-order valence-corrected chi connectivity index (χ1v) is 7.29. The van der Waals surface area contributed by atoms with Gasteiger partial charge in [-0.05, 0) is 31.9 Å². The molecule has 1 atom stereocenters. The summed E-state index contributed by atoms with van der Waals surface area (Å²) in [6.45, 7) is 7.31. The number of aliphatic hydroxyl groups is 1. The molecular weight excluding hydrogens is 252 g/mol. The smallest absolute Gasteiger partial charge is 0.160 e. The molecule has 2 heterocycles. The number of aliphatic hydroxyl groups excluding tert-OH is 1. The van der Waals surface area contributed by atoms with Crippen LogP contribution in [-0.4, -0.2) is 32.9 Å². The number of hydrogen-bond donors (Lipinski definition) is 2. The van der Waals surface area contributed by atoms with Crippen molar-refractivity contribution in [2.24, 2.45) is 5.41 Å². The molecule has 2 aromatic rings. The normalized spacial score (nSPS) is 13.8. The molecule has 0 fully saturated rings. The van der Waals surface area contributed by atoms with Crippen molar-refractivity contribution in [3.8, 4) is 0 Å². The minimum absolute atomic E-state index is 0.0469. The highest BCUT2D eigenvalue weighted by molar-refractivity contribution is 5.37. The van der Waals surface area contributed by atoms with Crippen LogP contribution < -0.4 is 5.32 Å². The summed E-state index contributed by atoms with van der Waals surface area (Å²) in [6, 6.07) is 5.97. The van der Waals surface area contributed by atoms with Crippen LogP contribution in [0.4, 0.5) is 0 Å². The van der Waals surface area contributed by atoms with Gasteiger partial charge in [0.15, 0.2) is 11.5 Å². The van der Waals surface area contributed by atoms with E-state index in [1.807, 2.05) is 28.8 Å². The first-order chi connectivity index (χ1) is 9.65. The number of aromatic nitrogens is 3. The van der Waals surface area contributed by atoms with E-state index in [1.165, 1.54) is 0 Å². The van der Waals surface area contributed by atoms with E-state index >= 15 is 0 Å². The summed E-state index contributed by atoms with van der Waals surface area (Å²) in [5.41, 5.74) is 0.810. The molecule has 5 nitrogen and oxygen atoms in total. The lowest BCUT2D eigenvalue weighted by Crippen LogP contribution is -2.38. The second-order valence-corrected chi connectivity index (χ2v) is 5.45. The van der Waals surface area contributed by atoms with Crippen molar-refractivity contribution < 1.29 is 5.11 Å². The second kappa shape index (κ2) is 6.33. The Morgan fingerprint density at radius 1 is 1.30 bits per heavy atom. The van der Waals surface area contributed by atoms with Gasteiger partial charge in [-0.15, -0.1) is 10.2 Å². The third-order valence-corrected chi connectivity index (χ3v) is 4.35. The summed E-state index contributed by atoms with van der Waals surface area (Å²) >= 11 is 0. The number of fused-ring (bicyclic) bond motifs is 1. The largest absolute Gasteiger partial charge is 0.396 e. The summed E-state index contributed by atoms with van der Waals surface area (Å²) in [5, 5.41) is 21.5. The molecule has 0 aliphatic carbocycles. The SMILES string of the molecule is CCC(CC)(CO)CNC(C)c1nnc2ccccn12. The highest BCUT2D eigenvalue weighted by Gasteiger charge is 2.26. The van der Waals surface area contributed by atoms with Crippen LogP contribution in [0, 0.1) is 5.41 Å². The van der Waals surface area contributed by atoms with E-state index in [0.29, 0.717) is 0 Å². The molecule has 0 saturated carbocycles. The minimum Gasteiger partial charge on any atom is -0.396 e. The average molecular weight is 276 g/mol. The molecule has 2 aromatic heterocycles. The number of nitrogens with zero attached hydrogens (tertiary/aromatic N) is 3. The van der Waals surface area contributed by atoms with Gasteiger partial charge in [0, 0.05) is 24.8 Å². The molecule has 1 unspecified atom stereocenters. The molecular formula is C15H24N4O. The van der Waals surface area contributed by atoms with Gasteiger partial charge in [0.1, 0.15) is 0 Å². The van der Waals surface area contributed by atoms with Crippen LogP contribution >= 0.6 is 0 Å². The third kappa shape index (κ3) is 2.83. The quantitative estimate of drug-likeness (QED) is 0.813. The zero-order valence-electron chi connectivity index (χ0n) is 12.5. The van der Waals surface area contributed by atoms with E-state index in [-0.39, 0.29) is 18.1 Å². The van der Waals surface area contributed by atoms with E-state index in [9.17, 15) is 5.11 Å². The van der Waals surface area contributed by atoms with E-state index in [0.717, 1.165) is 30.9 Å². The zero-order valence-corrected chi connectivity index (χ0v) is 12.5. The van der Waals surface area contributed by atoms with Crippen LogP contribution in [0.3, 0.4) is 0 Å². The maximum absolute atomic E-state index is 9.62. The maximum Gasteiger partial charge on any atom is 0.160 e. The molecule has 0 bridgehead atoms. The predicted octanol–water partition coefficient (Wildman–Crippen LogP) is 2.18. The molecule has 0 amide bonds. The van der Waals surface area contributed by atoms with Crippen LogP contribution in [0.2, 0.25) is 0 Å². The van der Waals surface area contributed by atoms with E-state index in [2.05, 4.69) is 36.3 Å². The molecule has 0 aliphatic heterocycles. The van der Waals surface area contributed by atoms with Gasteiger partial charge in [-0.25, -0.2) is 0 Å². The maximum atomic E-state index is 9.62. The minimum atomic E-state index is -0.0469. The summed E-state index contributed by atoms with van der Waals surface area (Å²) in [7, 11) is 0. The summed E-state index contributed by atoms with van der Waals surface area (Å²) < 4.78 is 2.00. The van der Waals surface area contributed by atoms with Gasteiger partial charge in [-0.3, -0.25) is 4.40 Å². The van der Waals surface area contributed by atoms with Gasteiger partial charge in [-0.1, -0.05) is 19.9 Å². The predicted molar refractivity (Wildman–Crippen MR) is 79.5 cm³/mol. The lowest BCUT2D eigenvalue weighted by atomic mass is 9.83. The summed E-state index contributed by atoms with van der Waals surface area (Å²) in [6.07, 6.45) is 3.89. The topological polar surface area (TPSA) is 62.5 Å². The molecule has 0 aromatic carbocycles. The van der Waals surface area contributed by atoms with Crippen molar-refractivity contribution in [3.05, 3.63) is 30.2 Å². The van der Waals surface area contributed by atoms with Gasteiger partial charge >= 0.3 is 0 Å². The van der Waals surface area contributed by atoms with Crippen LogP contribution in [0.5, 0.6) is 0 Å². The fourth-order valence-corrected chi connectivity index (χ4v) is 2.40. The van der Waals surface area contributed by atoms with Crippen LogP contribution in [0.15, 0.2) is 24.4 Å². The second-order valence-electron chi connectivity index (χ2n) is 5.45. The van der Waals surface area contributed by atoms with Crippen LogP contribution in [-0.2, 0) is 0 Å². The molecule has 20 heavy (non-hydrogen) atoms. The summed E-state index contributed by atoms with van der Waals surface area (Å²) in [5.74, 6) is 0.902. The number of nitrogens with one attached hydrogen (secondary N) is 1. The Morgan fingerprint density at radius 3 is 2.70 bits per heavy atom. The molecule has 2 N–H and O–H groups in total. The van der Waals surface area contributed by atoms with E-state index < -0.39 is 0 Å². The fraction of sp³-hybridized carbons (Fsp3) is 0.600. The van der Waals surface area contributed by atoms with Crippen molar-refractivity contribution in [1.29, 1.82) is 0 Å². The Hall–Kier alpha value is -1.46. The highest BCUT2D eigenvalue weighted by atomic mass is 16.3. The first-order valence-electron chi connectivity index (χ1n) is 7.29. The Morgan fingerprint density at radius 2 is 2.05 bits per heavy atom. The van der Waals surface area contributed by atoms with Crippen molar-refractivity contribution >= 4 is 5.65 Å².